The van der Waals surface area contributed by atoms with Crippen LogP contribution in [0.2, 0.25) is 0 Å². The average Bonchev–Trinajstić information content (AvgIpc) is 3.11. The number of amides is 1. The summed E-state index contributed by atoms with van der Waals surface area (Å²) in [6.07, 6.45) is 3.45. The summed E-state index contributed by atoms with van der Waals surface area (Å²) in [5.74, 6) is -0.0148. The molecule has 7 heteroatoms. The quantitative estimate of drug-likeness (QED) is 0.832. The summed E-state index contributed by atoms with van der Waals surface area (Å²) in [5.41, 5.74) is 4.70. The fraction of sp³-hybridized carbons (Fsp3) is 0.533. The number of nitrogens with zero attached hydrogens (tertiary/aromatic N) is 3. The molecule has 0 aromatic carbocycles. The summed E-state index contributed by atoms with van der Waals surface area (Å²) < 4.78 is 5.78. The second kappa shape index (κ2) is 4.95. The van der Waals surface area contributed by atoms with E-state index in [1.165, 1.54) is 5.56 Å². The van der Waals surface area contributed by atoms with Crippen LogP contribution in [0.15, 0.2) is 6.20 Å². The number of fused-ring (bicyclic) bond motifs is 2. The van der Waals surface area contributed by atoms with Gasteiger partial charge in [-0.3, -0.25) is 15.0 Å². The minimum absolute atomic E-state index is 0.0148. The Morgan fingerprint density at radius 1 is 1.41 bits per heavy atom. The zero-order valence-electron chi connectivity index (χ0n) is 12.7. The predicted molar refractivity (Wildman–Crippen MR) is 78.3 cm³/mol. The third-order valence-electron chi connectivity index (χ3n) is 4.53. The highest BCUT2D eigenvalue weighted by Gasteiger charge is 2.32. The van der Waals surface area contributed by atoms with Crippen LogP contribution in [-0.4, -0.2) is 43.9 Å². The van der Waals surface area contributed by atoms with Crippen LogP contribution in [-0.2, 0) is 24.1 Å². The second-order valence-electron chi connectivity index (χ2n) is 6.11. The van der Waals surface area contributed by atoms with E-state index >= 15 is 0 Å². The van der Waals surface area contributed by atoms with Crippen LogP contribution >= 0.6 is 0 Å². The maximum atomic E-state index is 12.8. The van der Waals surface area contributed by atoms with Crippen molar-refractivity contribution in [3.63, 3.8) is 0 Å². The molecule has 4 rings (SSSR count). The van der Waals surface area contributed by atoms with Gasteiger partial charge in [-0.15, -0.1) is 0 Å². The highest BCUT2D eigenvalue weighted by atomic mass is 16.5. The number of nitrogens with one attached hydrogen (secondary N) is 2. The summed E-state index contributed by atoms with van der Waals surface area (Å²) in [4.78, 5) is 14.7. The first-order valence-corrected chi connectivity index (χ1v) is 7.66. The van der Waals surface area contributed by atoms with E-state index in [-0.39, 0.29) is 18.1 Å². The number of aromatic nitrogens is 4. The van der Waals surface area contributed by atoms with Crippen LogP contribution in [0.3, 0.4) is 0 Å². The van der Waals surface area contributed by atoms with Crippen LogP contribution in [0.1, 0.15) is 53.0 Å². The van der Waals surface area contributed by atoms with Crippen molar-refractivity contribution in [2.45, 2.75) is 45.4 Å². The lowest BCUT2D eigenvalue weighted by molar-refractivity contribution is -0.00702. The molecule has 2 aliphatic rings. The lowest BCUT2D eigenvalue weighted by atomic mass is 9.99. The van der Waals surface area contributed by atoms with Gasteiger partial charge in [0.1, 0.15) is 0 Å². The van der Waals surface area contributed by atoms with E-state index in [0.29, 0.717) is 18.8 Å². The fourth-order valence-corrected chi connectivity index (χ4v) is 3.39. The lowest BCUT2D eigenvalue weighted by Gasteiger charge is -2.28. The van der Waals surface area contributed by atoms with Gasteiger partial charge in [0.25, 0.3) is 5.91 Å². The van der Waals surface area contributed by atoms with E-state index in [2.05, 4.69) is 20.4 Å². The minimum Gasteiger partial charge on any atom is -0.369 e. The predicted octanol–water partition coefficient (Wildman–Crippen LogP) is 1.35. The third kappa shape index (κ3) is 2.04. The van der Waals surface area contributed by atoms with Crippen LogP contribution in [0.25, 0.3) is 0 Å². The molecule has 7 nitrogen and oxygen atoms in total. The molecule has 0 saturated heterocycles. The van der Waals surface area contributed by atoms with Crippen LogP contribution in [0, 0.1) is 0 Å². The Morgan fingerprint density at radius 2 is 2.27 bits per heavy atom. The average molecular weight is 301 g/mol. The van der Waals surface area contributed by atoms with E-state index in [1.54, 1.807) is 0 Å². The number of carbonyl (C=O) groups excluding carboxylic acids is 1. The second-order valence-corrected chi connectivity index (χ2v) is 6.11. The summed E-state index contributed by atoms with van der Waals surface area (Å²) in [6.45, 7) is 5.28. The van der Waals surface area contributed by atoms with Crippen molar-refractivity contribution in [3.8, 4) is 0 Å². The Hall–Kier alpha value is -2.15. The molecule has 116 valence electrons. The first kappa shape index (κ1) is 13.5. The Balaban J connectivity index is 1.62. The minimum atomic E-state index is -0.0478. The van der Waals surface area contributed by atoms with Gasteiger partial charge in [0.15, 0.2) is 5.69 Å². The van der Waals surface area contributed by atoms with Gasteiger partial charge in [0.2, 0.25) is 0 Å². The van der Waals surface area contributed by atoms with Gasteiger partial charge in [-0.1, -0.05) is 0 Å². The molecule has 22 heavy (non-hydrogen) atoms. The number of carbonyl (C=O) groups is 1. The van der Waals surface area contributed by atoms with Crippen molar-refractivity contribution >= 4 is 5.91 Å². The van der Waals surface area contributed by atoms with E-state index < -0.39 is 0 Å². The third-order valence-corrected chi connectivity index (χ3v) is 4.53. The summed E-state index contributed by atoms with van der Waals surface area (Å²) in [6, 6.07) is 0. The van der Waals surface area contributed by atoms with Crippen molar-refractivity contribution in [2.24, 2.45) is 0 Å². The van der Waals surface area contributed by atoms with Gasteiger partial charge >= 0.3 is 0 Å². The molecule has 0 fully saturated rings. The molecular weight excluding hydrogens is 282 g/mol. The molecule has 0 spiro atoms. The molecule has 0 aliphatic carbocycles. The highest BCUT2D eigenvalue weighted by Crippen LogP contribution is 2.31. The van der Waals surface area contributed by atoms with Gasteiger partial charge in [-0.25, -0.2) is 0 Å². The van der Waals surface area contributed by atoms with E-state index in [0.717, 1.165) is 29.8 Å². The van der Waals surface area contributed by atoms with Gasteiger partial charge < -0.3 is 9.64 Å². The largest absolute Gasteiger partial charge is 0.369 e. The van der Waals surface area contributed by atoms with Crippen molar-refractivity contribution in [2.75, 3.05) is 6.54 Å². The zero-order valence-corrected chi connectivity index (χ0v) is 12.7. The molecule has 4 heterocycles. The van der Waals surface area contributed by atoms with Gasteiger partial charge in [-0.05, 0) is 25.8 Å². The molecule has 0 bridgehead atoms. The molecule has 0 radical (unpaired) electrons. The zero-order chi connectivity index (χ0) is 15.3. The van der Waals surface area contributed by atoms with Crippen molar-refractivity contribution in [3.05, 3.63) is 34.4 Å². The Labute approximate surface area is 128 Å². The lowest BCUT2D eigenvalue weighted by Crippen LogP contribution is -2.37. The molecular formula is C15H19N5O2. The van der Waals surface area contributed by atoms with Crippen molar-refractivity contribution in [1.82, 2.24) is 25.3 Å². The van der Waals surface area contributed by atoms with Crippen LogP contribution in [0.5, 0.6) is 0 Å². The number of aromatic amines is 2. The van der Waals surface area contributed by atoms with E-state index in [4.69, 9.17) is 4.74 Å². The molecule has 0 saturated carbocycles. The summed E-state index contributed by atoms with van der Waals surface area (Å²) >= 11 is 0. The maximum absolute atomic E-state index is 12.8. The molecule has 1 amide bonds. The first-order valence-electron chi connectivity index (χ1n) is 7.66. The van der Waals surface area contributed by atoms with Crippen molar-refractivity contribution in [1.29, 1.82) is 0 Å². The van der Waals surface area contributed by atoms with Gasteiger partial charge in [0.05, 0.1) is 36.3 Å². The smallest absolute Gasteiger partial charge is 0.275 e. The summed E-state index contributed by atoms with van der Waals surface area (Å²) in [7, 11) is 0. The molecule has 0 unspecified atom stereocenters. The Bertz CT molecular complexity index is 719. The van der Waals surface area contributed by atoms with E-state index in [1.807, 2.05) is 24.9 Å². The van der Waals surface area contributed by atoms with Gasteiger partial charge in [-0.2, -0.15) is 10.2 Å². The maximum Gasteiger partial charge on any atom is 0.275 e. The standard InChI is InChI=1S/C15H19N5O2/c1-8-5-11-13(9(2)22-8)18-19-14(11)15(21)20-4-3-10-6-16-17-12(10)7-20/h6,8-9H,3-5,7H2,1-2H3,(H,16,17)(H,18,19)/t8-,9+/m1/s1. The highest BCUT2D eigenvalue weighted by molar-refractivity contribution is 5.94. The Morgan fingerprint density at radius 3 is 3.14 bits per heavy atom. The molecule has 2 atom stereocenters. The number of hydrogen-bond donors (Lipinski definition) is 2. The molecule has 2 aliphatic heterocycles. The number of hydrogen-bond acceptors (Lipinski definition) is 4. The topological polar surface area (TPSA) is 86.9 Å². The van der Waals surface area contributed by atoms with Gasteiger partial charge in [0, 0.05) is 18.5 Å². The number of H-pyrrole nitrogens is 2. The summed E-state index contributed by atoms with van der Waals surface area (Å²) in [5, 5.41) is 14.3. The number of ether oxygens (including phenoxy) is 1. The fourth-order valence-electron chi connectivity index (χ4n) is 3.39. The van der Waals surface area contributed by atoms with Crippen LogP contribution in [0.4, 0.5) is 0 Å². The number of rotatable bonds is 1. The Kier molecular flexibility index (Phi) is 3.04. The molecule has 2 aromatic rings. The van der Waals surface area contributed by atoms with Crippen LogP contribution < -0.4 is 0 Å². The monoisotopic (exact) mass is 301 g/mol. The molecule has 2 aromatic heterocycles. The van der Waals surface area contributed by atoms with E-state index in [9.17, 15) is 4.79 Å². The SMILES string of the molecule is C[C@@H]1Cc2c(C(=O)N3CCc4cn[nH]c4C3)n[nH]c2[C@H](C)O1. The van der Waals surface area contributed by atoms with Crippen molar-refractivity contribution < 1.29 is 9.53 Å². The first-order chi connectivity index (χ1) is 10.6. The normalized spacial score (nSPS) is 24.0. The molecule has 2 N–H and O–H groups in total.